The molecule has 2 aromatic rings. The first kappa shape index (κ1) is 19.7. The molecule has 28 heavy (non-hydrogen) atoms. The second-order valence-corrected chi connectivity index (χ2v) is 6.33. The highest BCUT2D eigenvalue weighted by Gasteiger charge is 2.30. The maximum atomic E-state index is 12.5. The fraction of sp³-hybridized carbons (Fsp3) is 0.300. The second kappa shape index (κ2) is 8.33. The van der Waals surface area contributed by atoms with Crippen LogP contribution in [0.25, 0.3) is 0 Å². The lowest BCUT2D eigenvalue weighted by atomic mass is 10.1. The summed E-state index contributed by atoms with van der Waals surface area (Å²) in [4.78, 5) is 25.7. The van der Waals surface area contributed by atoms with E-state index in [9.17, 15) is 22.8 Å². The van der Waals surface area contributed by atoms with Crippen LogP contribution < -0.4 is 15.0 Å². The van der Waals surface area contributed by atoms with Crippen molar-refractivity contribution >= 4 is 17.5 Å². The van der Waals surface area contributed by atoms with E-state index >= 15 is 0 Å². The summed E-state index contributed by atoms with van der Waals surface area (Å²) in [5, 5.41) is 2.69. The van der Waals surface area contributed by atoms with Crippen molar-refractivity contribution in [3.05, 3.63) is 59.7 Å². The summed E-state index contributed by atoms with van der Waals surface area (Å²) in [6.45, 7) is 0.943. The zero-order valence-corrected chi connectivity index (χ0v) is 15.0. The van der Waals surface area contributed by atoms with Crippen molar-refractivity contribution in [2.45, 2.75) is 19.0 Å². The Morgan fingerprint density at radius 1 is 1.14 bits per heavy atom. The number of hydrogen-bond donors (Lipinski definition) is 1. The van der Waals surface area contributed by atoms with E-state index < -0.39 is 11.7 Å². The average Bonchev–Trinajstić information content (AvgIpc) is 3.11. The fourth-order valence-corrected chi connectivity index (χ4v) is 2.91. The van der Waals surface area contributed by atoms with E-state index in [2.05, 4.69) is 5.32 Å². The number of ether oxygens (including phenoxy) is 1. The minimum Gasteiger partial charge on any atom is -0.492 e. The number of hydrogen-bond acceptors (Lipinski definition) is 3. The molecule has 1 heterocycles. The van der Waals surface area contributed by atoms with Crippen LogP contribution >= 0.6 is 0 Å². The van der Waals surface area contributed by atoms with Gasteiger partial charge in [-0.15, -0.1) is 0 Å². The molecule has 0 saturated carbocycles. The molecule has 2 aromatic carbocycles. The predicted molar refractivity (Wildman–Crippen MR) is 97.3 cm³/mol. The third kappa shape index (κ3) is 4.82. The summed E-state index contributed by atoms with van der Waals surface area (Å²) in [6, 6.07) is 11.2. The molecule has 1 fully saturated rings. The molecule has 0 radical (unpaired) electrons. The van der Waals surface area contributed by atoms with Crippen LogP contribution in [0.1, 0.15) is 28.8 Å². The van der Waals surface area contributed by atoms with E-state index in [0.717, 1.165) is 18.6 Å². The molecule has 0 unspecified atom stereocenters. The molecule has 1 aliphatic heterocycles. The van der Waals surface area contributed by atoms with Crippen molar-refractivity contribution in [1.29, 1.82) is 0 Å². The van der Waals surface area contributed by atoms with E-state index in [4.69, 9.17) is 4.74 Å². The molecule has 2 amide bonds. The highest BCUT2D eigenvalue weighted by Crippen LogP contribution is 2.30. The number of amides is 2. The van der Waals surface area contributed by atoms with Gasteiger partial charge in [0.25, 0.3) is 5.91 Å². The molecule has 1 saturated heterocycles. The van der Waals surface area contributed by atoms with E-state index in [1.165, 1.54) is 12.1 Å². The van der Waals surface area contributed by atoms with Crippen LogP contribution in [0.15, 0.2) is 48.5 Å². The van der Waals surface area contributed by atoms with Gasteiger partial charge >= 0.3 is 6.18 Å². The fourth-order valence-electron chi connectivity index (χ4n) is 2.91. The van der Waals surface area contributed by atoms with Crippen LogP contribution in [0.4, 0.5) is 18.9 Å². The smallest absolute Gasteiger partial charge is 0.416 e. The summed E-state index contributed by atoms with van der Waals surface area (Å²) in [5.41, 5.74) is 0.368. The van der Waals surface area contributed by atoms with Gasteiger partial charge in [-0.05, 0) is 48.9 Å². The van der Waals surface area contributed by atoms with Gasteiger partial charge in [0.05, 0.1) is 12.1 Å². The molecule has 0 aliphatic carbocycles. The first-order valence-corrected chi connectivity index (χ1v) is 8.83. The zero-order chi connectivity index (χ0) is 20.1. The predicted octanol–water partition coefficient (Wildman–Crippen LogP) is 3.64. The first-order valence-electron chi connectivity index (χ1n) is 8.83. The summed E-state index contributed by atoms with van der Waals surface area (Å²) < 4.78 is 42.9. The number of carbonyl (C=O) groups excluding carboxylic acids is 2. The Kier molecular flexibility index (Phi) is 5.87. The highest BCUT2D eigenvalue weighted by atomic mass is 19.4. The molecule has 0 bridgehead atoms. The molecular weight excluding hydrogens is 373 g/mol. The molecule has 0 spiro atoms. The molecule has 0 atom stereocenters. The lowest BCUT2D eigenvalue weighted by Gasteiger charge is -2.16. The van der Waals surface area contributed by atoms with Crippen LogP contribution in [0.3, 0.4) is 0 Å². The van der Waals surface area contributed by atoms with Gasteiger partial charge < -0.3 is 15.0 Å². The minimum atomic E-state index is -4.39. The molecule has 148 valence electrons. The lowest BCUT2D eigenvalue weighted by molar-refractivity contribution is -0.137. The van der Waals surface area contributed by atoms with Gasteiger partial charge in [-0.1, -0.05) is 6.07 Å². The van der Waals surface area contributed by atoms with Crippen molar-refractivity contribution in [2.75, 3.05) is 24.6 Å². The Hall–Kier alpha value is -3.03. The van der Waals surface area contributed by atoms with Crippen LogP contribution in [0.2, 0.25) is 0 Å². The van der Waals surface area contributed by atoms with Gasteiger partial charge in [-0.3, -0.25) is 9.59 Å². The van der Waals surface area contributed by atoms with Gasteiger partial charge in [0, 0.05) is 24.2 Å². The molecule has 1 aliphatic rings. The lowest BCUT2D eigenvalue weighted by Crippen LogP contribution is -2.29. The van der Waals surface area contributed by atoms with Crippen LogP contribution in [0.5, 0.6) is 5.75 Å². The van der Waals surface area contributed by atoms with Crippen molar-refractivity contribution in [2.24, 2.45) is 0 Å². The summed E-state index contributed by atoms with van der Waals surface area (Å²) in [7, 11) is 0. The van der Waals surface area contributed by atoms with Gasteiger partial charge in [0.15, 0.2) is 0 Å². The van der Waals surface area contributed by atoms with Crippen molar-refractivity contribution in [3.8, 4) is 5.75 Å². The maximum Gasteiger partial charge on any atom is 0.416 e. The molecule has 0 aromatic heterocycles. The number of anilines is 1. The number of halogens is 3. The van der Waals surface area contributed by atoms with Crippen LogP contribution in [-0.2, 0) is 11.0 Å². The normalized spacial score (nSPS) is 14.2. The van der Waals surface area contributed by atoms with Gasteiger partial charge in [0.2, 0.25) is 5.91 Å². The van der Waals surface area contributed by atoms with Crippen molar-refractivity contribution in [1.82, 2.24) is 5.32 Å². The zero-order valence-electron chi connectivity index (χ0n) is 15.0. The Labute approximate surface area is 160 Å². The highest BCUT2D eigenvalue weighted by molar-refractivity contribution is 5.99. The van der Waals surface area contributed by atoms with E-state index in [1.54, 1.807) is 29.2 Å². The average molecular weight is 392 g/mol. The summed E-state index contributed by atoms with van der Waals surface area (Å²) in [5.74, 6) is 0.0174. The number of nitrogens with zero attached hydrogens (tertiary/aromatic N) is 1. The van der Waals surface area contributed by atoms with Gasteiger partial charge in [-0.2, -0.15) is 13.2 Å². The number of alkyl halides is 3. The number of rotatable bonds is 6. The maximum absolute atomic E-state index is 12.5. The van der Waals surface area contributed by atoms with Crippen molar-refractivity contribution < 1.29 is 27.5 Å². The monoisotopic (exact) mass is 392 g/mol. The number of nitrogens with one attached hydrogen (secondary N) is 1. The SMILES string of the molecule is O=C(NCCOc1ccc(C(F)(F)F)cc1)c1cccc(N2CCCC2=O)c1. The van der Waals surface area contributed by atoms with Crippen molar-refractivity contribution in [3.63, 3.8) is 0 Å². The summed E-state index contributed by atoms with van der Waals surface area (Å²) in [6.07, 6.45) is -3.07. The molecule has 3 rings (SSSR count). The standard InChI is InChI=1S/C20H19F3N2O3/c21-20(22,23)15-6-8-17(9-7-15)28-12-10-24-19(27)14-3-1-4-16(13-14)25-11-2-5-18(25)26/h1,3-4,6-9,13H,2,5,10-12H2,(H,24,27). The molecular formula is C20H19F3N2O3. The van der Waals surface area contributed by atoms with E-state index in [1.807, 2.05) is 0 Å². The summed E-state index contributed by atoms with van der Waals surface area (Å²) >= 11 is 0. The Bertz CT molecular complexity index is 851. The number of benzene rings is 2. The largest absolute Gasteiger partial charge is 0.492 e. The van der Waals surface area contributed by atoms with Crippen LogP contribution in [0, 0.1) is 0 Å². The topological polar surface area (TPSA) is 58.6 Å². The molecule has 8 heteroatoms. The third-order valence-corrected chi connectivity index (χ3v) is 4.33. The minimum absolute atomic E-state index is 0.0440. The molecule has 5 nitrogen and oxygen atoms in total. The number of carbonyl (C=O) groups is 2. The van der Waals surface area contributed by atoms with Crippen LogP contribution in [-0.4, -0.2) is 31.5 Å². The van der Waals surface area contributed by atoms with Gasteiger partial charge in [-0.25, -0.2) is 0 Å². The molecule has 1 N–H and O–H groups in total. The third-order valence-electron chi connectivity index (χ3n) is 4.33. The first-order chi connectivity index (χ1) is 13.3. The Morgan fingerprint density at radius 2 is 1.89 bits per heavy atom. The van der Waals surface area contributed by atoms with Gasteiger partial charge in [0.1, 0.15) is 12.4 Å². The quantitative estimate of drug-likeness (QED) is 0.764. The Balaban J connectivity index is 1.49. The Morgan fingerprint density at radius 3 is 2.54 bits per heavy atom. The van der Waals surface area contributed by atoms with E-state index in [-0.39, 0.29) is 30.7 Å². The second-order valence-electron chi connectivity index (χ2n) is 6.33. The van der Waals surface area contributed by atoms with E-state index in [0.29, 0.717) is 24.2 Å².